The van der Waals surface area contributed by atoms with Gasteiger partial charge in [-0.1, -0.05) is 6.42 Å². The Morgan fingerprint density at radius 2 is 2.25 bits per heavy atom. The molecule has 110 valence electrons. The summed E-state index contributed by atoms with van der Waals surface area (Å²) in [6.07, 6.45) is 3.19. The zero-order chi connectivity index (χ0) is 14.7. The molecule has 0 bridgehead atoms. The molecule has 1 fully saturated rings. The summed E-state index contributed by atoms with van der Waals surface area (Å²) >= 11 is 0. The Bertz CT molecular complexity index is 505. The third-order valence-corrected chi connectivity index (χ3v) is 3.83. The SMILES string of the molecule is Cc1cc(N)cc(C(=O)NCC2CCCC(O)C2)c1F. The summed E-state index contributed by atoms with van der Waals surface area (Å²) in [4.78, 5) is 12.0. The maximum atomic E-state index is 13.9. The van der Waals surface area contributed by atoms with E-state index in [9.17, 15) is 14.3 Å². The predicted octanol–water partition coefficient (Wildman–Crippen LogP) is 2.00. The zero-order valence-electron chi connectivity index (χ0n) is 11.7. The molecule has 1 saturated carbocycles. The Balaban J connectivity index is 1.98. The molecular weight excluding hydrogens is 259 g/mol. The molecule has 2 atom stereocenters. The van der Waals surface area contributed by atoms with Gasteiger partial charge in [-0.05, 0) is 49.8 Å². The molecule has 0 saturated heterocycles. The first-order valence-electron chi connectivity index (χ1n) is 6.99. The fourth-order valence-electron chi connectivity index (χ4n) is 2.74. The van der Waals surface area contributed by atoms with E-state index in [0.29, 0.717) is 24.2 Å². The summed E-state index contributed by atoms with van der Waals surface area (Å²) in [7, 11) is 0. The Morgan fingerprint density at radius 1 is 1.50 bits per heavy atom. The second-order valence-corrected chi connectivity index (χ2v) is 5.60. The molecule has 0 radical (unpaired) electrons. The molecule has 1 aromatic rings. The van der Waals surface area contributed by atoms with Crippen LogP contribution in [0.1, 0.15) is 41.6 Å². The van der Waals surface area contributed by atoms with Crippen LogP contribution in [-0.4, -0.2) is 23.7 Å². The Hall–Kier alpha value is -1.62. The van der Waals surface area contributed by atoms with Gasteiger partial charge >= 0.3 is 0 Å². The highest BCUT2D eigenvalue weighted by atomic mass is 19.1. The normalized spacial score (nSPS) is 22.6. The van der Waals surface area contributed by atoms with Crippen LogP contribution in [0.15, 0.2) is 12.1 Å². The number of nitrogen functional groups attached to an aromatic ring is 1. The van der Waals surface area contributed by atoms with Crippen LogP contribution in [0.3, 0.4) is 0 Å². The molecule has 0 aliphatic heterocycles. The first kappa shape index (κ1) is 14.8. The maximum absolute atomic E-state index is 13.9. The number of hydrogen-bond donors (Lipinski definition) is 3. The lowest BCUT2D eigenvalue weighted by atomic mass is 9.87. The van der Waals surface area contributed by atoms with E-state index in [1.165, 1.54) is 12.1 Å². The van der Waals surface area contributed by atoms with E-state index in [0.717, 1.165) is 19.3 Å². The van der Waals surface area contributed by atoms with E-state index >= 15 is 0 Å². The molecule has 1 amide bonds. The van der Waals surface area contributed by atoms with Crippen molar-refractivity contribution in [1.29, 1.82) is 0 Å². The monoisotopic (exact) mass is 280 g/mol. The van der Waals surface area contributed by atoms with Gasteiger partial charge in [0.25, 0.3) is 5.91 Å². The highest BCUT2D eigenvalue weighted by Crippen LogP contribution is 2.24. The van der Waals surface area contributed by atoms with Crippen LogP contribution in [0.25, 0.3) is 0 Å². The molecule has 0 spiro atoms. The number of carbonyl (C=O) groups is 1. The number of amides is 1. The standard InChI is InChI=1S/C15H21FN2O2/c1-9-5-11(17)7-13(14(9)16)15(20)18-8-10-3-2-4-12(19)6-10/h5,7,10,12,19H,2-4,6,8,17H2,1H3,(H,18,20). The van der Waals surface area contributed by atoms with Gasteiger partial charge in [0.05, 0.1) is 11.7 Å². The quantitative estimate of drug-likeness (QED) is 0.741. The number of hydrogen-bond acceptors (Lipinski definition) is 3. The second kappa shape index (κ2) is 6.22. The first-order chi connectivity index (χ1) is 9.47. The molecule has 0 aromatic heterocycles. The van der Waals surface area contributed by atoms with E-state index in [2.05, 4.69) is 5.32 Å². The van der Waals surface area contributed by atoms with Crippen molar-refractivity contribution in [3.8, 4) is 0 Å². The molecule has 2 rings (SSSR count). The summed E-state index contributed by atoms with van der Waals surface area (Å²) in [5.41, 5.74) is 6.37. The minimum atomic E-state index is -0.527. The molecular formula is C15H21FN2O2. The van der Waals surface area contributed by atoms with E-state index in [-0.39, 0.29) is 17.6 Å². The summed E-state index contributed by atoms with van der Waals surface area (Å²) in [5.74, 6) is -0.716. The van der Waals surface area contributed by atoms with Crippen LogP contribution in [0.2, 0.25) is 0 Å². The predicted molar refractivity (Wildman–Crippen MR) is 75.8 cm³/mol. The number of benzene rings is 1. The molecule has 1 aliphatic rings. The molecule has 0 heterocycles. The Morgan fingerprint density at radius 3 is 2.95 bits per heavy atom. The van der Waals surface area contributed by atoms with Gasteiger partial charge in [-0.25, -0.2) is 4.39 Å². The van der Waals surface area contributed by atoms with Gasteiger partial charge in [0.15, 0.2) is 0 Å². The Labute approximate surface area is 118 Å². The topological polar surface area (TPSA) is 75.4 Å². The number of nitrogens with one attached hydrogen (secondary N) is 1. The van der Waals surface area contributed by atoms with Gasteiger partial charge in [-0.2, -0.15) is 0 Å². The van der Waals surface area contributed by atoms with Crippen LogP contribution >= 0.6 is 0 Å². The lowest BCUT2D eigenvalue weighted by molar-refractivity contribution is 0.0871. The van der Waals surface area contributed by atoms with Crippen LogP contribution in [0.5, 0.6) is 0 Å². The average molecular weight is 280 g/mol. The van der Waals surface area contributed by atoms with Crippen molar-refractivity contribution in [3.05, 3.63) is 29.1 Å². The minimum Gasteiger partial charge on any atom is -0.399 e. The van der Waals surface area contributed by atoms with Gasteiger partial charge in [0, 0.05) is 12.2 Å². The van der Waals surface area contributed by atoms with Crippen molar-refractivity contribution in [1.82, 2.24) is 5.32 Å². The molecule has 2 unspecified atom stereocenters. The van der Waals surface area contributed by atoms with Gasteiger partial charge in [0.1, 0.15) is 5.82 Å². The molecule has 5 heteroatoms. The lowest BCUT2D eigenvalue weighted by Crippen LogP contribution is -2.33. The fraction of sp³-hybridized carbons (Fsp3) is 0.533. The molecule has 1 aliphatic carbocycles. The number of halogens is 1. The van der Waals surface area contributed by atoms with Crippen LogP contribution in [0, 0.1) is 18.7 Å². The third kappa shape index (κ3) is 3.48. The number of anilines is 1. The van der Waals surface area contributed by atoms with Crippen molar-refractivity contribution in [2.75, 3.05) is 12.3 Å². The van der Waals surface area contributed by atoms with Crippen molar-refractivity contribution in [2.24, 2.45) is 5.92 Å². The largest absolute Gasteiger partial charge is 0.399 e. The average Bonchev–Trinajstić information content (AvgIpc) is 2.40. The smallest absolute Gasteiger partial charge is 0.254 e. The number of aliphatic hydroxyl groups excluding tert-OH is 1. The highest BCUT2D eigenvalue weighted by molar-refractivity contribution is 5.95. The molecule has 4 N–H and O–H groups in total. The summed E-state index contributed by atoms with van der Waals surface area (Å²) in [6.45, 7) is 2.04. The summed E-state index contributed by atoms with van der Waals surface area (Å²) in [5, 5.41) is 12.3. The van der Waals surface area contributed by atoms with E-state index in [1.807, 2.05) is 0 Å². The molecule has 20 heavy (non-hydrogen) atoms. The second-order valence-electron chi connectivity index (χ2n) is 5.60. The number of carbonyl (C=O) groups excluding carboxylic acids is 1. The van der Waals surface area contributed by atoms with E-state index < -0.39 is 11.7 Å². The van der Waals surface area contributed by atoms with Crippen molar-refractivity contribution in [3.63, 3.8) is 0 Å². The van der Waals surface area contributed by atoms with Crippen LogP contribution in [0.4, 0.5) is 10.1 Å². The van der Waals surface area contributed by atoms with Crippen molar-refractivity contribution in [2.45, 2.75) is 38.7 Å². The number of rotatable bonds is 3. The fourth-order valence-corrected chi connectivity index (χ4v) is 2.74. The Kier molecular flexibility index (Phi) is 4.60. The first-order valence-corrected chi connectivity index (χ1v) is 6.99. The van der Waals surface area contributed by atoms with Crippen molar-refractivity contribution >= 4 is 11.6 Å². The summed E-state index contributed by atoms with van der Waals surface area (Å²) < 4.78 is 13.9. The molecule has 4 nitrogen and oxygen atoms in total. The maximum Gasteiger partial charge on any atom is 0.254 e. The van der Waals surface area contributed by atoms with Gasteiger partial charge in [-0.15, -0.1) is 0 Å². The lowest BCUT2D eigenvalue weighted by Gasteiger charge is -2.25. The van der Waals surface area contributed by atoms with Crippen LogP contribution in [-0.2, 0) is 0 Å². The van der Waals surface area contributed by atoms with Gasteiger partial charge < -0.3 is 16.2 Å². The van der Waals surface area contributed by atoms with Gasteiger partial charge in [-0.3, -0.25) is 4.79 Å². The van der Waals surface area contributed by atoms with E-state index in [4.69, 9.17) is 5.73 Å². The molecule has 1 aromatic carbocycles. The van der Waals surface area contributed by atoms with Crippen molar-refractivity contribution < 1.29 is 14.3 Å². The number of aliphatic hydroxyl groups is 1. The number of aryl methyl sites for hydroxylation is 1. The van der Waals surface area contributed by atoms with Crippen LogP contribution < -0.4 is 11.1 Å². The zero-order valence-corrected chi connectivity index (χ0v) is 11.7. The highest BCUT2D eigenvalue weighted by Gasteiger charge is 2.21. The summed E-state index contributed by atoms with van der Waals surface area (Å²) in [6, 6.07) is 2.86. The van der Waals surface area contributed by atoms with Gasteiger partial charge in [0.2, 0.25) is 0 Å². The number of nitrogens with two attached hydrogens (primary N) is 1. The minimum absolute atomic E-state index is 0.0149. The van der Waals surface area contributed by atoms with E-state index in [1.54, 1.807) is 6.92 Å². The third-order valence-electron chi connectivity index (χ3n) is 3.83.